The molecule has 0 radical (unpaired) electrons. The van der Waals surface area contributed by atoms with Gasteiger partial charge in [0.1, 0.15) is 6.61 Å². The Balaban J connectivity index is 1.29. The molecular weight excluding hydrogens is 450 g/mol. The van der Waals surface area contributed by atoms with Gasteiger partial charge in [0.05, 0.1) is 12.5 Å². The third-order valence-corrected chi connectivity index (χ3v) is 6.06. The smallest absolute Gasteiger partial charge is 0.407 e. The van der Waals surface area contributed by atoms with Gasteiger partial charge in [-0.05, 0) is 28.7 Å². The average Bonchev–Trinajstić information content (AvgIpc) is 3.47. The SMILES string of the molecule is CCCC(CNC(=O)OCC1c2ccccc2-c2ccccc21)C(=O)NCc1cc(C(=O)O)no1. The molecule has 3 aromatic rings. The van der Waals surface area contributed by atoms with Crippen molar-refractivity contribution in [3.63, 3.8) is 0 Å². The molecule has 0 saturated heterocycles. The molecule has 1 atom stereocenters. The highest BCUT2D eigenvalue weighted by molar-refractivity contribution is 5.85. The van der Waals surface area contributed by atoms with Gasteiger partial charge in [-0.15, -0.1) is 0 Å². The summed E-state index contributed by atoms with van der Waals surface area (Å²) < 4.78 is 10.5. The Hall–Kier alpha value is -4.14. The molecule has 2 aromatic carbocycles. The molecule has 182 valence electrons. The number of carbonyl (C=O) groups is 3. The van der Waals surface area contributed by atoms with E-state index in [4.69, 9.17) is 14.4 Å². The Morgan fingerprint density at radius 2 is 1.71 bits per heavy atom. The molecule has 1 aliphatic carbocycles. The number of nitrogens with one attached hydrogen (secondary N) is 2. The van der Waals surface area contributed by atoms with Crippen LogP contribution in [0.4, 0.5) is 4.79 Å². The van der Waals surface area contributed by atoms with Crippen molar-refractivity contribution in [2.45, 2.75) is 32.2 Å². The number of hydrogen-bond donors (Lipinski definition) is 3. The van der Waals surface area contributed by atoms with Gasteiger partial charge in [0, 0.05) is 18.5 Å². The number of nitrogens with zero attached hydrogens (tertiary/aromatic N) is 1. The van der Waals surface area contributed by atoms with Crippen LogP contribution in [0.1, 0.15) is 53.1 Å². The first-order chi connectivity index (χ1) is 17.0. The van der Waals surface area contributed by atoms with Crippen molar-refractivity contribution in [1.82, 2.24) is 15.8 Å². The molecule has 0 saturated carbocycles. The second-order valence-electron chi connectivity index (χ2n) is 8.39. The maximum Gasteiger partial charge on any atom is 0.407 e. The van der Waals surface area contributed by atoms with Gasteiger partial charge in [-0.2, -0.15) is 0 Å². The first-order valence-electron chi connectivity index (χ1n) is 11.5. The van der Waals surface area contributed by atoms with Crippen molar-refractivity contribution < 1.29 is 28.8 Å². The van der Waals surface area contributed by atoms with Crippen molar-refractivity contribution in [3.05, 3.63) is 77.2 Å². The van der Waals surface area contributed by atoms with E-state index in [1.165, 1.54) is 6.07 Å². The van der Waals surface area contributed by atoms with Crippen LogP contribution in [0.3, 0.4) is 0 Å². The third kappa shape index (κ3) is 5.51. The molecule has 1 unspecified atom stereocenters. The van der Waals surface area contributed by atoms with E-state index in [0.717, 1.165) is 28.7 Å². The topological polar surface area (TPSA) is 131 Å². The number of carboxylic acids is 1. The van der Waals surface area contributed by atoms with Crippen LogP contribution in [0.15, 0.2) is 59.1 Å². The van der Waals surface area contributed by atoms with Crippen LogP contribution in [0.2, 0.25) is 0 Å². The molecule has 0 aliphatic heterocycles. The largest absolute Gasteiger partial charge is 0.476 e. The number of alkyl carbamates (subject to hydrolysis) is 1. The highest BCUT2D eigenvalue weighted by atomic mass is 16.5. The third-order valence-electron chi connectivity index (χ3n) is 6.06. The fourth-order valence-corrected chi connectivity index (χ4v) is 4.35. The lowest BCUT2D eigenvalue weighted by Crippen LogP contribution is -2.39. The first-order valence-corrected chi connectivity index (χ1v) is 11.5. The lowest BCUT2D eigenvalue weighted by Gasteiger charge is -2.18. The number of ether oxygens (including phenoxy) is 1. The molecule has 9 heteroatoms. The van der Waals surface area contributed by atoms with Crippen LogP contribution in [0.5, 0.6) is 0 Å². The first kappa shape index (κ1) is 24.0. The molecule has 0 fully saturated rings. The van der Waals surface area contributed by atoms with Crippen LogP contribution >= 0.6 is 0 Å². The van der Waals surface area contributed by atoms with Gasteiger partial charge in [-0.25, -0.2) is 9.59 Å². The molecule has 1 aliphatic rings. The Bertz CT molecular complexity index is 1180. The summed E-state index contributed by atoms with van der Waals surface area (Å²) >= 11 is 0. The van der Waals surface area contributed by atoms with Crippen LogP contribution < -0.4 is 10.6 Å². The number of carboxylic acid groups (broad SMARTS) is 1. The zero-order chi connectivity index (χ0) is 24.8. The maximum absolute atomic E-state index is 12.6. The Morgan fingerprint density at radius 1 is 1.06 bits per heavy atom. The van der Waals surface area contributed by atoms with Gasteiger partial charge in [0.15, 0.2) is 11.5 Å². The fraction of sp³-hybridized carbons (Fsp3) is 0.308. The number of carbonyl (C=O) groups excluding carboxylic acids is 2. The summed E-state index contributed by atoms with van der Waals surface area (Å²) in [5.41, 5.74) is 4.33. The van der Waals surface area contributed by atoms with E-state index in [1.807, 2.05) is 31.2 Å². The number of aromatic nitrogens is 1. The molecular formula is C26H27N3O6. The van der Waals surface area contributed by atoms with E-state index in [-0.39, 0.29) is 43.0 Å². The second-order valence-corrected chi connectivity index (χ2v) is 8.39. The number of hydrogen-bond acceptors (Lipinski definition) is 6. The van der Waals surface area contributed by atoms with E-state index >= 15 is 0 Å². The number of fused-ring (bicyclic) bond motifs is 3. The predicted octanol–water partition coefficient (Wildman–Crippen LogP) is 3.94. The molecule has 0 bridgehead atoms. The molecule has 35 heavy (non-hydrogen) atoms. The van der Waals surface area contributed by atoms with Gasteiger partial charge >= 0.3 is 12.1 Å². The summed E-state index contributed by atoms with van der Waals surface area (Å²) in [5, 5.41) is 17.7. The summed E-state index contributed by atoms with van der Waals surface area (Å²) in [7, 11) is 0. The summed E-state index contributed by atoms with van der Waals surface area (Å²) in [4.78, 5) is 36.0. The number of amides is 2. The minimum atomic E-state index is -1.21. The normalized spacial score (nSPS) is 12.9. The van der Waals surface area contributed by atoms with Gasteiger partial charge in [0.25, 0.3) is 0 Å². The number of rotatable bonds is 10. The quantitative estimate of drug-likeness (QED) is 0.403. The van der Waals surface area contributed by atoms with E-state index < -0.39 is 18.0 Å². The molecule has 1 aromatic heterocycles. The molecule has 2 amide bonds. The van der Waals surface area contributed by atoms with Crippen molar-refractivity contribution >= 4 is 18.0 Å². The maximum atomic E-state index is 12.6. The van der Waals surface area contributed by atoms with Crippen LogP contribution in [0.25, 0.3) is 11.1 Å². The lowest BCUT2D eigenvalue weighted by atomic mass is 9.98. The van der Waals surface area contributed by atoms with Gasteiger partial charge in [-0.1, -0.05) is 67.0 Å². The van der Waals surface area contributed by atoms with E-state index in [2.05, 4.69) is 40.1 Å². The zero-order valence-electron chi connectivity index (χ0n) is 19.3. The fourth-order valence-electron chi connectivity index (χ4n) is 4.35. The second kappa shape index (κ2) is 10.9. The highest BCUT2D eigenvalue weighted by Gasteiger charge is 2.29. The van der Waals surface area contributed by atoms with E-state index in [1.54, 1.807) is 0 Å². The van der Waals surface area contributed by atoms with E-state index in [9.17, 15) is 14.4 Å². The summed E-state index contributed by atoms with van der Waals surface area (Å²) in [5.74, 6) is -1.76. The summed E-state index contributed by atoms with van der Waals surface area (Å²) in [6.07, 6.45) is 0.726. The zero-order valence-corrected chi connectivity index (χ0v) is 19.3. The standard InChI is InChI=1S/C26H27N3O6/c1-2-7-16(24(30)27-14-17-12-23(25(31)32)29-35-17)13-28-26(33)34-15-22-20-10-5-3-8-18(20)19-9-4-6-11-21(19)22/h3-6,8-12,16,22H,2,7,13-15H2,1H3,(H,27,30)(H,28,33)(H,31,32). The van der Waals surface area contributed by atoms with Crippen LogP contribution in [-0.4, -0.2) is 41.4 Å². The predicted molar refractivity (Wildman–Crippen MR) is 127 cm³/mol. The lowest BCUT2D eigenvalue weighted by molar-refractivity contribution is -0.125. The van der Waals surface area contributed by atoms with Gasteiger partial charge in [0.2, 0.25) is 5.91 Å². The van der Waals surface area contributed by atoms with Crippen LogP contribution in [-0.2, 0) is 16.1 Å². The molecule has 4 rings (SSSR count). The summed E-state index contributed by atoms with van der Waals surface area (Å²) in [6.45, 7) is 2.27. The van der Waals surface area contributed by atoms with Crippen molar-refractivity contribution in [2.75, 3.05) is 13.2 Å². The minimum Gasteiger partial charge on any atom is -0.476 e. The molecule has 9 nitrogen and oxygen atoms in total. The Labute approximate surface area is 202 Å². The minimum absolute atomic E-state index is 0.00424. The monoisotopic (exact) mass is 477 g/mol. The summed E-state index contributed by atoms with van der Waals surface area (Å²) in [6, 6.07) is 17.5. The molecule has 0 spiro atoms. The Morgan fingerprint density at radius 3 is 2.31 bits per heavy atom. The van der Waals surface area contributed by atoms with Crippen molar-refractivity contribution in [3.8, 4) is 11.1 Å². The number of benzene rings is 2. The van der Waals surface area contributed by atoms with Gasteiger partial charge < -0.3 is 25.0 Å². The number of aromatic carboxylic acids is 1. The Kier molecular flexibility index (Phi) is 7.45. The van der Waals surface area contributed by atoms with Gasteiger partial charge in [-0.3, -0.25) is 4.79 Å². The van der Waals surface area contributed by atoms with E-state index in [0.29, 0.717) is 6.42 Å². The van der Waals surface area contributed by atoms with Crippen LogP contribution in [0, 0.1) is 5.92 Å². The van der Waals surface area contributed by atoms with Crippen molar-refractivity contribution in [1.29, 1.82) is 0 Å². The molecule has 3 N–H and O–H groups in total. The highest BCUT2D eigenvalue weighted by Crippen LogP contribution is 2.44. The van der Waals surface area contributed by atoms with Crippen molar-refractivity contribution in [2.24, 2.45) is 5.92 Å². The average molecular weight is 478 g/mol. The molecule has 1 heterocycles.